The predicted octanol–water partition coefficient (Wildman–Crippen LogP) is 1.99. The topological polar surface area (TPSA) is 29.5 Å². The minimum absolute atomic E-state index is 0.283. The summed E-state index contributed by atoms with van der Waals surface area (Å²) in [7, 11) is 0. The first-order valence-electron chi connectivity index (χ1n) is 4.84. The van der Waals surface area contributed by atoms with Crippen LogP contribution in [-0.4, -0.2) is 35.6 Å². The Morgan fingerprint density at radius 3 is 2.15 bits per heavy atom. The van der Waals surface area contributed by atoms with E-state index >= 15 is 0 Å². The standard InChI is InChI=1S/C9H14ClNO2/c10-9(12)11(7-1-2-7)8-3-5-13-6-4-8/h7-8H,1-6H2. The third kappa shape index (κ3) is 2.15. The average molecular weight is 204 g/mol. The number of carbonyl (C=O) groups is 1. The van der Waals surface area contributed by atoms with E-state index in [1.54, 1.807) is 0 Å². The molecule has 4 heteroatoms. The van der Waals surface area contributed by atoms with Crippen LogP contribution in [0.1, 0.15) is 25.7 Å². The van der Waals surface area contributed by atoms with Crippen molar-refractivity contribution in [2.75, 3.05) is 13.2 Å². The van der Waals surface area contributed by atoms with Gasteiger partial charge in [0.2, 0.25) is 0 Å². The number of hydrogen-bond acceptors (Lipinski definition) is 2. The van der Waals surface area contributed by atoms with Gasteiger partial charge < -0.3 is 9.64 Å². The number of rotatable bonds is 2. The molecule has 0 N–H and O–H groups in total. The Balaban J connectivity index is 1.96. The van der Waals surface area contributed by atoms with Crippen LogP contribution in [-0.2, 0) is 4.74 Å². The molecule has 0 spiro atoms. The molecule has 1 heterocycles. The van der Waals surface area contributed by atoms with Gasteiger partial charge in [-0.05, 0) is 37.3 Å². The maximum atomic E-state index is 11.2. The molecular formula is C9H14ClNO2. The first-order chi connectivity index (χ1) is 6.29. The van der Waals surface area contributed by atoms with E-state index in [1.165, 1.54) is 0 Å². The number of carbonyl (C=O) groups excluding carboxylic acids is 1. The molecular weight excluding hydrogens is 190 g/mol. The fourth-order valence-corrected chi connectivity index (χ4v) is 2.18. The molecule has 3 nitrogen and oxygen atoms in total. The van der Waals surface area contributed by atoms with E-state index in [9.17, 15) is 4.79 Å². The first kappa shape index (κ1) is 9.28. The van der Waals surface area contributed by atoms with E-state index in [-0.39, 0.29) is 5.37 Å². The number of hydrogen-bond donors (Lipinski definition) is 0. The molecule has 0 radical (unpaired) electrons. The smallest absolute Gasteiger partial charge is 0.316 e. The molecule has 2 aliphatic rings. The molecule has 1 amide bonds. The summed E-state index contributed by atoms with van der Waals surface area (Å²) in [6.45, 7) is 1.52. The number of amides is 1. The van der Waals surface area contributed by atoms with Crippen molar-refractivity contribution in [3.8, 4) is 0 Å². The van der Waals surface area contributed by atoms with Crippen LogP contribution < -0.4 is 0 Å². The van der Waals surface area contributed by atoms with Gasteiger partial charge in [0.05, 0.1) is 0 Å². The van der Waals surface area contributed by atoms with Crippen LogP contribution in [0.4, 0.5) is 4.79 Å². The van der Waals surface area contributed by atoms with Crippen molar-refractivity contribution in [3.05, 3.63) is 0 Å². The predicted molar refractivity (Wildman–Crippen MR) is 50.0 cm³/mol. The summed E-state index contributed by atoms with van der Waals surface area (Å²) in [6.07, 6.45) is 4.12. The molecule has 1 aliphatic heterocycles. The molecule has 2 fully saturated rings. The summed E-state index contributed by atoms with van der Waals surface area (Å²) >= 11 is 5.56. The Labute approximate surface area is 83.0 Å². The summed E-state index contributed by atoms with van der Waals surface area (Å²) < 4.78 is 5.25. The lowest BCUT2D eigenvalue weighted by Gasteiger charge is -2.32. The molecule has 0 atom stereocenters. The van der Waals surface area contributed by atoms with Gasteiger partial charge >= 0.3 is 5.37 Å². The third-order valence-electron chi connectivity index (χ3n) is 2.73. The Morgan fingerprint density at radius 1 is 1.15 bits per heavy atom. The van der Waals surface area contributed by atoms with Crippen LogP contribution in [0.2, 0.25) is 0 Å². The molecule has 13 heavy (non-hydrogen) atoms. The lowest BCUT2D eigenvalue weighted by Crippen LogP contribution is -2.42. The normalized spacial score (nSPS) is 24.4. The highest BCUT2D eigenvalue weighted by Gasteiger charge is 2.37. The van der Waals surface area contributed by atoms with Crippen LogP contribution in [0.15, 0.2) is 0 Å². The van der Waals surface area contributed by atoms with Crippen LogP contribution >= 0.6 is 11.6 Å². The molecule has 1 aliphatic carbocycles. The van der Waals surface area contributed by atoms with Gasteiger partial charge in [-0.3, -0.25) is 4.79 Å². The third-order valence-corrected chi connectivity index (χ3v) is 2.92. The van der Waals surface area contributed by atoms with Gasteiger partial charge in [0.1, 0.15) is 0 Å². The van der Waals surface area contributed by atoms with Gasteiger partial charge in [0.15, 0.2) is 0 Å². The molecule has 2 rings (SSSR count). The summed E-state index contributed by atoms with van der Waals surface area (Å²) in [5.41, 5.74) is 0. The second-order valence-electron chi connectivity index (χ2n) is 3.73. The van der Waals surface area contributed by atoms with Gasteiger partial charge in [0.25, 0.3) is 0 Å². The fraction of sp³-hybridized carbons (Fsp3) is 0.889. The Kier molecular flexibility index (Phi) is 2.74. The van der Waals surface area contributed by atoms with Crippen molar-refractivity contribution in [2.45, 2.75) is 37.8 Å². The minimum Gasteiger partial charge on any atom is -0.381 e. The van der Waals surface area contributed by atoms with E-state index in [4.69, 9.17) is 16.3 Å². The summed E-state index contributed by atoms with van der Waals surface area (Å²) in [5.74, 6) is 0. The summed E-state index contributed by atoms with van der Waals surface area (Å²) in [6, 6.07) is 0.749. The SMILES string of the molecule is O=C(Cl)N(C1CCOCC1)C1CC1. The second kappa shape index (κ2) is 3.84. The van der Waals surface area contributed by atoms with E-state index in [0.29, 0.717) is 12.1 Å². The number of nitrogens with zero attached hydrogens (tertiary/aromatic N) is 1. The minimum atomic E-state index is -0.283. The summed E-state index contributed by atoms with van der Waals surface area (Å²) in [5, 5.41) is -0.283. The molecule has 0 aromatic rings. The highest BCUT2D eigenvalue weighted by Crippen LogP contribution is 2.32. The van der Waals surface area contributed by atoms with Crippen molar-refractivity contribution < 1.29 is 9.53 Å². The van der Waals surface area contributed by atoms with Crippen molar-refractivity contribution in [2.24, 2.45) is 0 Å². The Bertz CT molecular complexity index is 200. The van der Waals surface area contributed by atoms with E-state index in [0.717, 1.165) is 38.9 Å². The molecule has 1 saturated carbocycles. The summed E-state index contributed by atoms with van der Waals surface area (Å²) in [4.78, 5) is 13.0. The second-order valence-corrected chi connectivity index (χ2v) is 4.06. The zero-order valence-corrected chi connectivity index (χ0v) is 8.29. The molecule has 0 unspecified atom stereocenters. The average Bonchev–Trinajstić information content (AvgIpc) is 2.90. The monoisotopic (exact) mass is 203 g/mol. The van der Waals surface area contributed by atoms with Crippen LogP contribution in [0, 0.1) is 0 Å². The fourth-order valence-electron chi connectivity index (χ4n) is 1.90. The van der Waals surface area contributed by atoms with Crippen LogP contribution in [0.5, 0.6) is 0 Å². The van der Waals surface area contributed by atoms with Gasteiger partial charge in [-0.1, -0.05) is 0 Å². The molecule has 0 aromatic carbocycles. The van der Waals surface area contributed by atoms with Crippen LogP contribution in [0.25, 0.3) is 0 Å². The van der Waals surface area contributed by atoms with Crippen LogP contribution in [0.3, 0.4) is 0 Å². The number of halogens is 1. The highest BCUT2D eigenvalue weighted by atomic mass is 35.5. The molecule has 74 valence electrons. The van der Waals surface area contributed by atoms with Crippen molar-refractivity contribution >= 4 is 17.0 Å². The van der Waals surface area contributed by atoms with Crippen molar-refractivity contribution in [1.82, 2.24) is 4.90 Å². The first-order valence-corrected chi connectivity index (χ1v) is 5.22. The largest absolute Gasteiger partial charge is 0.381 e. The molecule has 0 aromatic heterocycles. The molecule has 1 saturated heterocycles. The van der Waals surface area contributed by atoms with Gasteiger partial charge in [-0.15, -0.1) is 0 Å². The van der Waals surface area contributed by atoms with Gasteiger partial charge in [-0.25, -0.2) is 0 Å². The maximum Gasteiger partial charge on any atom is 0.316 e. The quantitative estimate of drug-likeness (QED) is 0.508. The molecule has 0 bridgehead atoms. The van der Waals surface area contributed by atoms with Gasteiger partial charge in [-0.2, -0.15) is 0 Å². The Hall–Kier alpha value is -0.280. The Morgan fingerprint density at radius 2 is 1.69 bits per heavy atom. The van der Waals surface area contributed by atoms with Gasteiger partial charge in [0, 0.05) is 25.3 Å². The lowest BCUT2D eigenvalue weighted by molar-refractivity contribution is 0.0477. The van der Waals surface area contributed by atoms with Crippen molar-refractivity contribution in [3.63, 3.8) is 0 Å². The maximum absolute atomic E-state index is 11.2. The zero-order valence-electron chi connectivity index (χ0n) is 7.54. The lowest BCUT2D eigenvalue weighted by atomic mass is 10.1. The van der Waals surface area contributed by atoms with Crippen molar-refractivity contribution in [1.29, 1.82) is 0 Å². The zero-order chi connectivity index (χ0) is 9.26. The van der Waals surface area contributed by atoms with E-state index < -0.39 is 0 Å². The highest BCUT2D eigenvalue weighted by molar-refractivity contribution is 6.62. The van der Waals surface area contributed by atoms with E-state index in [1.807, 2.05) is 4.90 Å². The number of ether oxygens (including phenoxy) is 1. The van der Waals surface area contributed by atoms with E-state index in [2.05, 4.69) is 0 Å².